The van der Waals surface area contributed by atoms with Crippen LogP contribution in [0.25, 0.3) is 0 Å². The van der Waals surface area contributed by atoms with Crippen molar-refractivity contribution in [3.8, 4) is 11.5 Å². The van der Waals surface area contributed by atoms with Gasteiger partial charge in [0.05, 0.1) is 42.6 Å². The highest BCUT2D eigenvalue weighted by Gasteiger charge is 2.43. The number of fused-ring (bicyclic) bond motifs is 1. The van der Waals surface area contributed by atoms with Crippen molar-refractivity contribution in [3.63, 3.8) is 0 Å². The minimum atomic E-state index is -3.60. The number of carbonyl (C=O) groups is 4. The van der Waals surface area contributed by atoms with Crippen LogP contribution in [0.3, 0.4) is 0 Å². The summed E-state index contributed by atoms with van der Waals surface area (Å²) in [7, 11) is -2.09. The van der Waals surface area contributed by atoms with Gasteiger partial charge >= 0.3 is 0 Å². The number of imide groups is 2. The zero-order chi connectivity index (χ0) is 39.6. The fraction of sp³-hybridized carbons (Fsp3) is 0.488. The van der Waals surface area contributed by atoms with Gasteiger partial charge in [-0.3, -0.25) is 29.4 Å². The van der Waals surface area contributed by atoms with Crippen molar-refractivity contribution in [2.75, 3.05) is 58.4 Å². The van der Waals surface area contributed by atoms with Crippen LogP contribution in [0.4, 0.5) is 0 Å². The molecule has 4 aliphatic heterocycles. The van der Waals surface area contributed by atoms with Crippen LogP contribution in [0, 0.1) is 0 Å². The lowest BCUT2D eigenvalue weighted by Crippen LogP contribution is -2.47. The standard InChI is InChI=1S/C43H52N4O8S/c1-4-55-38-26-32(12-14-37(38)54-2)36(27-56(3,52)53)47-42(50)35-7-5-6-31(40(35)43(47)51)16-21-45-22-19-33(20-23-45)46-24-17-29(18-25-46)28-8-10-30(11-9-28)34-13-15-39(48)44-41(34)49/h5-12,14,26,29,33-34,36H,4,13,15-25,27H2,1-3H3,(H,44,48,49)/t34?,36-/m1/s1. The number of carbonyl (C=O) groups excluding carboxylic acids is 4. The summed E-state index contributed by atoms with van der Waals surface area (Å²) < 4.78 is 36.5. The molecule has 4 heterocycles. The molecule has 12 nitrogen and oxygen atoms in total. The van der Waals surface area contributed by atoms with Crippen molar-refractivity contribution < 1.29 is 37.1 Å². The number of nitrogens with zero attached hydrogens (tertiary/aromatic N) is 3. The molecule has 7 rings (SSSR count). The number of hydrogen-bond donors (Lipinski definition) is 1. The van der Waals surface area contributed by atoms with Gasteiger partial charge in [0.25, 0.3) is 11.8 Å². The van der Waals surface area contributed by atoms with Crippen LogP contribution in [-0.4, -0.2) is 111 Å². The van der Waals surface area contributed by atoms with E-state index in [0.717, 1.165) is 80.7 Å². The summed E-state index contributed by atoms with van der Waals surface area (Å²) >= 11 is 0. The largest absolute Gasteiger partial charge is 0.493 e. The first-order valence-electron chi connectivity index (χ1n) is 19.8. The van der Waals surface area contributed by atoms with Gasteiger partial charge in [0.2, 0.25) is 11.8 Å². The molecule has 56 heavy (non-hydrogen) atoms. The second kappa shape index (κ2) is 16.9. The zero-order valence-electron chi connectivity index (χ0n) is 32.5. The van der Waals surface area contributed by atoms with Crippen LogP contribution in [-0.2, 0) is 25.8 Å². The molecular formula is C43H52N4O8S. The van der Waals surface area contributed by atoms with Crippen LogP contribution in [0.5, 0.6) is 11.5 Å². The van der Waals surface area contributed by atoms with E-state index in [1.807, 2.05) is 13.0 Å². The molecule has 0 saturated carbocycles. The Balaban J connectivity index is 0.939. The van der Waals surface area contributed by atoms with Gasteiger partial charge in [0.15, 0.2) is 11.5 Å². The number of nitrogens with one attached hydrogen (secondary N) is 1. The second-order valence-electron chi connectivity index (χ2n) is 15.6. The lowest BCUT2D eigenvalue weighted by atomic mass is 9.85. The highest BCUT2D eigenvalue weighted by Crippen LogP contribution is 2.38. The summed E-state index contributed by atoms with van der Waals surface area (Å²) in [6, 6.07) is 18.3. The van der Waals surface area contributed by atoms with Crippen molar-refractivity contribution in [1.82, 2.24) is 20.0 Å². The summed E-state index contributed by atoms with van der Waals surface area (Å²) in [4.78, 5) is 58.1. The number of ether oxygens (including phenoxy) is 2. The molecule has 3 saturated heterocycles. The van der Waals surface area contributed by atoms with Gasteiger partial charge in [-0.25, -0.2) is 8.42 Å². The third-order valence-electron chi connectivity index (χ3n) is 12.0. The molecule has 3 fully saturated rings. The van der Waals surface area contributed by atoms with Crippen LogP contribution >= 0.6 is 0 Å². The minimum absolute atomic E-state index is 0.192. The lowest BCUT2D eigenvalue weighted by Gasteiger charge is -2.42. The number of likely N-dealkylation sites (tertiary alicyclic amines) is 2. The topological polar surface area (TPSA) is 143 Å². The SMILES string of the molecule is CCOc1cc([C@@H](CS(C)(=O)=O)N2C(=O)c3cccc(CCN4CCC(N5CCC(c6ccc(C7CCC(=O)NC7=O)cc6)CC5)CC4)c3C2=O)ccc1OC. The average molecular weight is 785 g/mol. The summed E-state index contributed by atoms with van der Waals surface area (Å²) in [5.41, 5.74) is 4.22. The van der Waals surface area contributed by atoms with E-state index in [1.54, 1.807) is 30.3 Å². The summed E-state index contributed by atoms with van der Waals surface area (Å²) in [5.74, 6) is -0.667. The average Bonchev–Trinajstić information content (AvgIpc) is 3.45. The molecule has 2 atom stereocenters. The maximum absolute atomic E-state index is 14.2. The Morgan fingerprint density at radius 3 is 2.21 bits per heavy atom. The highest BCUT2D eigenvalue weighted by molar-refractivity contribution is 7.90. The van der Waals surface area contributed by atoms with Gasteiger partial charge < -0.3 is 19.3 Å². The molecule has 4 amide bonds. The first-order valence-corrected chi connectivity index (χ1v) is 21.9. The number of benzene rings is 3. The predicted molar refractivity (Wildman–Crippen MR) is 212 cm³/mol. The van der Waals surface area contributed by atoms with E-state index in [-0.39, 0.29) is 17.7 Å². The number of piperidine rings is 3. The quantitative estimate of drug-likeness (QED) is 0.239. The molecule has 0 spiro atoms. The first-order chi connectivity index (χ1) is 26.9. The lowest BCUT2D eigenvalue weighted by molar-refractivity contribution is -0.134. The van der Waals surface area contributed by atoms with E-state index in [0.29, 0.717) is 66.0 Å². The van der Waals surface area contributed by atoms with Crippen LogP contribution in [0.2, 0.25) is 0 Å². The molecule has 1 unspecified atom stereocenters. The fourth-order valence-electron chi connectivity index (χ4n) is 9.04. The maximum atomic E-state index is 14.2. The number of hydrogen-bond acceptors (Lipinski definition) is 10. The molecule has 0 aromatic heterocycles. The van der Waals surface area contributed by atoms with Crippen molar-refractivity contribution in [2.24, 2.45) is 0 Å². The van der Waals surface area contributed by atoms with E-state index in [4.69, 9.17) is 9.47 Å². The predicted octanol–water partition coefficient (Wildman–Crippen LogP) is 4.88. The zero-order valence-corrected chi connectivity index (χ0v) is 33.3. The Labute approximate surface area is 329 Å². The van der Waals surface area contributed by atoms with Crippen molar-refractivity contribution in [1.29, 1.82) is 0 Å². The molecule has 1 N–H and O–H groups in total. The number of sulfone groups is 1. The first kappa shape index (κ1) is 39.6. The fourth-order valence-corrected chi connectivity index (χ4v) is 9.95. The summed E-state index contributed by atoms with van der Waals surface area (Å²) in [5, 5.41) is 2.46. The second-order valence-corrected chi connectivity index (χ2v) is 17.8. The van der Waals surface area contributed by atoms with Gasteiger partial charge in [-0.1, -0.05) is 42.5 Å². The van der Waals surface area contributed by atoms with Gasteiger partial charge in [0, 0.05) is 25.3 Å². The smallest absolute Gasteiger partial charge is 0.262 e. The van der Waals surface area contributed by atoms with Gasteiger partial charge in [-0.05, 0) is 118 Å². The molecule has 0 aliphatic carbocycles. The van der Waals surface area contributed by atoms with Crippen molar-refractivity contribution in [3.05, 3.63) is 94.0 Å². The Morgan fingerprint density at radius 2 is 1.55 bits per heavy atom. The van der Waals surface area contributed by atoms with Crippen LogP contribution < -0.4 is 14.8 Å². The molecule has 4 aliphatic rings. The van der Waals surface area contributed by atoms with Crippen molar-refractivity contribution >= 4 is 33.5 Å². The summed E-state index contributed by atoms with van der Waals surface area (Å²) in [6.45, 7) is 6.96. The van der Waals surface area contributed by atoms with Gasteiger partial charge in [-0.2, -0.15) is 0 Å². The molecule has 298 valence electrons. The Hall–Kier alpha value is -4.59. The third-order valence-corrected chi connectivity index (χ3v) is 12.9. The molecule has 3 aromatic carbocycles. The third kappa shape index (κ3) is 8.54. The highest BCUT2D eigenvalue weighted by atomic mass is 32.2. The van der Waals surface area contributed by atoms with Crippen molar-refractivity contribution in [2.45, 2.75) is 75.8 Å². The van der Waals surface area contributed by atoms with Gasteiger partial charge in [0.1, 0.15) is 9.84 Å². The minimum Gasteiger partial charge on any atom is -0.493 e. The Bertz CT molecular complexity index is 2070. The van der Waals surface area contributed by atoms with Crippen LogP contribution in [0.15, 0.2) is 60.7 Å². The van der Waals surface area contributed by atoms with Crippen LogP contribution in [0.1, 0.15) is 106 Å². The normalized spacial score (nSPS) is 20.9. The van der Waals surface area contributed by atoms with Gasteiger partial charge in [-0.15, -0.1) is 0 Å². The van der Waals surface area contributed by atoms with E-state index in [9.17, 15) is 27.6 Å². The molecule has 13 heteroatoms. The Kier molecular flexibility index (Phi) is 11.9. The number of amides is 4. The maximum Gasteiger partial charge on any atom is 0.262 e. The summed E-state index contributed by atoms with van der Waals surface area (Å²) in [6.07, 6.45) is 6.98. The van der Waals surface area contributed by atoms with E-state index in [2.05, 4.69) is 39.4 Å². The van der Waals surface area contributed by atoms with E-state index in [1.165, 1.54) is 12.7 Å². The molecule has 0 bridgehead atoms. The Morgan fingerprint density at radius 1 is 0.839 bits per heavy atom. The molecule has 3 aromatic rings. The van der Waals surface area contributed by atoms with E-state index < -0.39 is 33.4 Å². The number of rotatable bonds is 13. The number of methoxy groups -OCH3 is 1. The van der Waals surface area contributed by atoms with E-state index >= 15 is 0 Å². The monoisotopic (exact) mass is 784 g/mol. The molecule has 0 radical (unpaired) electrons. The molecular weight excluding hydrogens is 733 g/mol.